The molecule has 92 valence electrons. The first-order valence-corrected chi connectivity index (χ1v) is 6.10. The molecule has 0 aromatic carbocycles. The Hall–Kier alpha value is -0.120. The van der Waals surface area contributed by atoms with Gasteiger partial charge in [0.2, 0.25) is 0 Å². The van der Waals surface area contributed by atoms with E-state index in [9.17, 15) is 0 Å². The maximum Gasteiger partial charge on any atom is 0.0477 e. The summed E-state index contributed by atoms with van der Waals surface area (Å²) in [7, 11) is 0. The minimum atomic E-state index is 0.245. The number of hydrogen-bond acceptors (Lipinski definition) is 3. The van der Waals surface area contributed by atoms with E-state index in [1.54, 1.807) is 0 Å². The lowest BCUT2D eigenvalue weighted by Gasteiger charge is -2.20. The summed E-state index contributed by atoms with van der Waals surface area (Å²) < 4.78 is 5.25. The van der Waals surface area contributed by atoms with Crippen LogP contribution >= 0.6 is 0 Å². The molecule has 0 atom stereocenters. The molecule has 0 aliphatic rings. The molecule has 15 heavy (non-hydrogen) atoms. The molecule has 0 heterocycles. The number of ether oxygens (including phenoxy) is 1. The lowest BCUT2D eigenvalue weighted by atomic mass is 10.1. The van der Waals surface area contributed by atoms with Crippen LogP contribution in [-0.2, 0) is 4.74 Å². The van der Waals surface area contributed by atoms with Gasteiger partial charge in [-0.15, -0.1) is 0 Å². The van der Waals surface area contributed by atoms with E-state index in [1.807, 2.05) is 6.92 Å². The molecule has 0 unspecified atom stereocenters. The molecular weight excluding hydrogens is 188 g/mol. The molecule has 0 bridgehead atoms. The van der Waals surface area contributed by atoms with Crippen molar-refractivity contribution in [3.05, 3.63) is 0 Å². The van der Waals surface area contributed by atoms with E-state index >= 15 is 0 Å². The van der Waals surface area contributed by atoms with Gasteiger partial charge in [0.1, 0.15) is 0 Å². The van der Waals surface area contributed by atoms with E-state index in [-0.39, 0.29) is 5.54 Å². The predicted octanol–water partition coefficient (Wildman–Crippen LogP) is 1.78. The van der Waals surface area contributed by atoms with Crippen LogP contribution in [0.25, 0.3) is 0 Å². The van der Waals surface area contributed by atoms with Crippen molar-refractivity contribution in [1.82, 2.24) is 10.6 Å². The van der Waals surface area contributed by atoms with E-state index in [2.05, 4.69) is 31.4 Å². The van der Waals surface area contributed by atoms with Crippen molar-refractivity contribution in [2.75, 3.05) is 32.8 Å². The van der Waals surface area contributed by atoms with E-state index in [4.69, 9.17) is 4.74 Å². The van der Waals surface area contributed by atoms with Gasteiger partial charge in [0, 0.05) is 18.8 Å². The zero-order chi connectivity index (χ0) is 11.6. The van der Waals surface area contributed by atoms with Gasteiger partial charge in [-0.3, -0.25) is 0 Å². The smallest absolute Gasteiger partial charge is 0.0477 e. The summed E-state index contributed by atoms with van der Waals surface area (Å²) in [5, 5.41) is 6.88. The monoisotopic (exact) mass is 216 g/mol. The molecule has 0 aliphatic carbocycles. The average Bonchev–Trinajstić information content (AvgIpc) is 2.14. The van der Waals surface area contributed by atoms with Crippen LogP contribution in [0.4, 0.5) is 0 Å². The second-order valence-electron chi connectivity index (χ2n) is 4.83. The lowest BCUT2D eigenvalue weighted by molar-refractivity contribution is 0.145. The van der Waals surface area contributed by atoms with E-state index in [0.717, 1.165) is 39.3 Å². The zero-order valence-corrected chi connectivity index (χ0v) is 10.9. The lowest BCUT2D eigenvalue weighted by Crippen LogP contribution is -2.37. The summed E-state index contributed by atoms with van der Waals surface area (Å²) in [5.41, 5.74) is 0.245. The molecular formula is C12H28N2O. The van der Waals surface area contributed by atoms with Gasteiger partial charge in [0.05, 0.1) is 0 Å². The zero-order valence-electron chi connectivity index (χ0n) is 10.9. The second-order valence-corrected chi connectivity index (χ2v) is 4.83. The van der Waals surface area contributed by atoms with Crippen LogP contribution in [0.1, 0.15) is 40.5 Å². The van der Waals surface area contributed by atoms with Crippen molar-refractivity contribution >= 4 is 0 Å². The van der Waals surface area contributed by atoms with Crippen molar-refractivity contribution in [1.29, 1.82) is 0 Å². The van der Waals surface area contributed by atoms with Crippen LogP contribution in [0.2, 0.25) is 0 Å². The number of rotatable bonds is 9. The largest absolute Gasteiger partial charge is 0.382 e. The molecule has 0 saturated heterocycles. The second kappa shape index (κ2) is 9.13. The van der Waals surface area contributed by atoms with Gasteiger partial charge in [-0.1, -0.05) is 0 Å². The molecule has 0 rings (SSSR count). The standard InChI is InChI=1S/C12H28N2O/c1-5-15-11-7-9-13-8-6-10-14-12(2,3)4/h13-14H,5-11H2,1-4H3. The maximum absolute atomic E-state index is 5.25. The fraction of sp³-hybridized carbons (Fsp3) is 1.00. The summed E-state index contributed by atoms with van der Waals surface area (Å²) in [6, 6.07) is 0. The number of nitrogens with one attached hydrogen (secondary N) is 2. The Balaban J connectivity index is 2.99. The fourth-order valence-electron chi connectivity index (χ4n) is 1.25. The molecule has 0 aliphatic heterocycles. The third-order valence-corrected chi connectivity index (χ3v) is 2.03. The SMILES string of the molecule is CCOCCCNCCCNC(C)(C)C. The molecule has 0 aromatic rings. The Morgan fingerprint density at radius 1 is 1.00 bits per heavy atom. The molecule has 0 saturated carbocycles. The van der Waals surface area contributed by atoms with Gasteiger partial charge < -0.3 is 15.4 Å². The van der Waals surface area contributed by atoms with Crippen molar-refractivity contribution < 1.29 is 4.74 Å². The van der Waals surface area contributed by atoms with Crippen LogP contribution in [0.5, 0.6) is 0 Å². The highest BCUT2D eigenvalue weighted by molar-refractivity contribution is 4.69. The fourth-order valence-corrected chi connectivity index (χ4v) is 1.25. The van der Waals surface area contributed by atoms with Crippen molar-refractivity contribution in [3.8, 4) is 0 Å². The molecule has 3 nitrogen and oxygen atoms in total. The van der Waals surface area contributed by atoms with Gasteiger partial charge in [0.25, 0.3) is 0 Å². The van der Waals surface area contributed by atoms with Crippen LogP contribution in [0.15, 0.2) is 0 Å². The molecule has 0 fully saturated rings. The maximum atomic E-state index is 5.25. The summed E-state index contributed by atoms with van der Waals surface area (Å²) >= 11 is 0. The third kappa shape index (κ3) is 13.9. The molecule has 0 spiro atoms. The predicted molar refractivity (Wildman–Crippen MR) is 66.4 cm³/mol. The first-order chi connectivity index (χ1) is 7.06. The van der Waals surface area contributed by atoms with E-state index < -0.39 is 0 Å². The van der Waals surface area contributed by atoms with Crippen molar-refractivity contribution in [3.63, 3.8) is 0 Å². The summed E-state index contributed by atoms with van der Waals surface area (Å²) in [6.45, 7) is 13.6. The average molecular weight is 216 g/mol. The van der Waals surface area contributed by atoms with Gasteiger partial charge in [-0.2, -0.15) is 0 Å². The number of hydrogen-bond donors (Lipinski definition) is 2. The Kier molecular flexibility index (Phi) is 9.06. The summed E-state index contributed by atoms with van der Waals surface area (Å²) in [5.74, 6) is 0. The Labute approximate surface area is 95.0 Å². The van der Waals surface area contributed by atoms with Crippen LogP contribution in [-0.4, -0.2) is 38.4 Å². The highest BCUT2D eigenvalue weighted by Gasteiger charge is 2.06. The van der Waals surface area contributed by atoms with Gasteiger partial charge in [-0.05, 0) is 60.2 Å². The van der Waals surface area contributed by atoms with Gasteiger partial charge in [0.15, 0.2) is 0 Å². The molecule has 0 aromatic heterocycles. The molecule has 3 heteroatoms. The van der Waals surface area contributed by atoms with Crippen molar-refractivity contribution in [2.45, 2.75) is 46.1 Å². The molecule has 0 amide bonds. The van der Waals surface area contributed by atoms with Gasteiger partial charge in [-0.25, -0.2) is 0 Å². The summed E-state index contributed by atoms with van der Waals surface area (Å²) in [4.78, 5) is 0. The minimum Gasteiger partial charge on any atom is -0.382 e. The van der Waals surface area contributed by atoms with Crippen LogP contribution < -0.4 is 10.6 Å². The molecule has 0 radical (unpaired) electrons. The van der Waals surface area contributed by atoms with Crippen LogP contribution in [0, 0.1) is 0 Å². The van der Waals surface area contributed by atoms with Crippen LogP contribution in [0.3, 0.4) is 0 Å². The highest BCUT2D eigenvalue weighted by Crippen LogP contribution is 1.97. The molecule has 2 N–H and O–H groups in total. The first-order valence-electron chi connectivity index (χ1n) is 6.10. The third-order valence-electron chi connectivity index (χ3n) is 2.03. The topological polar surface area (TPSA) is 33.3 Å². The summed E-state index contributed by atoms with van der Waals surface area (Å²) in [6.07, 6.45) is 2.30. The van der Waals surface area contributed by atoms with Gasteiger partial charge >= 0.3 is 0 Å². The normalized spacial score (nSPS) is 12.0. The Morgan fingerprint density at radius 3 is 2.27 bits per heavy atom. The quantitative estimate of drug-likeness (QED) is 0.576. The highest BCUT2D eigenvalue weighted by atomic mass is 16.5. The van der Waals surface area contributed by atoms with E-state index in [1.165, 1.54) is 6.42 Å². The first kappa shape index (κ1) is 14.9. The Morgan fingerprint density at radius 2 is 1.67 bits per heavy atom. The van der Waals surface area contributed by atoms with Crippen molar-refractivity contribution in [2.24, 2.45) is 0 Å². The minimum absolute atomic E-state index is 0.245. The van der Waals surface area contributed by atoms with E-state index in [0.29, 0.717) is 0 Å². The Bertz CT molecular complexity index is 132.